The van der Waals surface area contributed by atoms with Crippen molar-refractivity contribution in [1.29, 1.82) is 0 Å². The lowest BCUT2D eigenvalue weighted by Crippen LogP contribution is -2.49. The average molecular weight is 253 g/mol. The highest BCUT2D eigenvalue weighted by molar-refractivity contribution is 5.78. The summed E-state index contributed by atoms with van der Waals surface area (Å²) in [5.74, 6) is -0.504. The van der Waals surface area contributed by atoms with Crippen LogP contribution in [0.3, 0.4) is 0 Å². The van der Waals surface area contributed by atoms with E-state index in [9.17, 15) is 9.59 Å². The van der Waals surface area contributed by atoms with Crippen LogP contribution in [0.25, 0.3) is 0 Å². The van der Waals surface area contributed by atoms with Gasteiger partial charge >= 0.3 is 5.97 Å². The Morgan fingerprint density at radius 1 is 1.39 bits per heavy atom. The van der Waals surface area contributed by atoms with Gasteiger partial charge in [-0.15, -0.1) is 0 Å². The van der Waals surface area contributed by atoms with Crippen LogP contribution >= 0.6 is 0 Å². The molecule has 1 amide bonds. The van der Waals surface area contributed by atoms with Crippen LogP contribution in [0.5, 0.6) is 0 Å². The molecule has 1 aliphatic carbocycles. The lowest BCUT2D eigenvalue weighted by atomic mass is 10.0. The Labute approximate surface area is 106 Å². The number of nitrogens with zero attached hydrogens (tertiary/aromatic N) is 1. The molecular weight excluding hydrogens is 234 g/mol. The fourth-order valence-corrected chi connectivity index (χ4v) is 2.56. The van der Waals surface area contributed by atoms with Gasteiger partial charge in [0.25, 0.3) is 0 Å². The number of morpholine rings is 1. The van der Waals surface area contributed by atoms with Crippen molar-refractivity contribution in [3.05, 3.63) is 12.2 Å². The molecule has 1 aliphatic heterocycles. The second kappa shape index (κ2) is 6.00. The summed E-state index contributed by atoms with van der Waals surface area (Å²) in [6.07, 6.45) is 6.72. The maximum atomic E-state index is 12.2. The summed E-state index contributed by atoms with van der Waals surface area (Å²) in [7, 11) is 0. The Balaban J connectivity index is 1.92. The lowest BCUT2D eigenvalue weighted by Gasteiger charge is -2.35. The number of carbonyl (C=O) groups is 2. The molecule has 0 aromatic rings. The van der Waals surface area contributed by atoms with Crippen LogP contribution in [0.4, 0.5) is 0 Å². The van der Waals surface area contributed by atoms with E-state index in [4.69, 9.17) is 9.84 Å². The Hall–Kier alpha value is -1.36. The number of allylic oxidation sites excluding steroid dienone is 2. The second-order valence-corrected chi connectivity index (χ2v) is 4.88. The van der Waals surface area contributed by atoms with E-state index in [-0.39, 0.29) is 18.4 Å². The highest BCUT2D eigenvalue weighted by Gasteiger charge is 2.30. The standard InChI is InChI=1S/C13H19NO4/c15-12(7-10-3-1-2-4-10)14-5-6-18-9-11(14)8-13(16)17/h1,3,10-11H,2,4-9H2,(H,16,17). The van der Waals surface area contributed by atoms with Crippen molar-refractivity contribution in [3.8, 4) is 0 Å². The zero-order valence-electron chi connectivity index (χ0n) is 10.4. The zero-order valence-corrected chi connectivity index (χ0v) is 10.4. The molecule has 1 saturated heterocycles. The number of rotatable bonds is 4. The van der Waals surface area contributed by atoms with E-state index in [0.29, 0.717) is 32.1 Å². The average Bonchev–Trinajstić information content (AvgIpc) is 2.81. The molecule has 18 heavy (non-hydrogen) atoms. The first kappa shape index (κ1) is 13.1. The van der Waals surface area contributed by atoms with Crippen molar-refractivity contribution in [3.63, 3.8) is 0 Å². The normalized spacial score (nSPS) is 27.4. The molecule has 1 fully saturated rings. The third-order valence-corrected chi connectivity index (χ3v) is 3.51. The Morgan fingerprint density at radius 3 is 2.89 bits per heavy atom. The maximum Gasteiger partial charge on any atom is 0.305 e. The zero-order chi connectivity index (χ0) is 13.0. The molecule has 1 N–H and O–H groups in total. The summed E-state index contributed by atoms with van der Waals surface area (Å²) in [5.41, 5.74) is 0. The monoisotopic (exact) mass is 253 g/mol. The number of amides is 1. The molecule has 0 spiro atoms. The molecule has 2 atom stereocenters. The van der Waals surface area contributed by atoms with Gasteiger partial charge in [-0.3, -0.25) is 9.59 Å². The maximum absolute atomic E-state index is 12.2. The molecular formula is C13H19NO4. The molecule has 1 heterocycles. The van der Waals surface area contributed by atoms with Crippen molar-refractivity contribution in [1.82, 2.24) is 4.90 Å². The molecule has 0 radical (unpaired) electrons. The minimum Gasteiger partial charge on any atom is -0.481 e. The van der Waals surface area contributed by atoms with Crippen LogP contribution in [0.15, 0.2) is 12.2 Å². The van der Waals surface area contributed by atoms with E-state index in [1.807, 2.05) is 0 Å². The van der Waals surface area contributed by atoms with Crippen LogP contribution < -0.4 is 0 Å². The summed E-state index contributed by atoms with van der Waals surface area (Å²) < 4.78 is 5.26. The van der Waals surface area contributed by atoms with E-state index in [0.717, 1.165) is 12.8 Å². The first-order valence-electron chi connectivity index (χ1n) is 6.42. The fraction of sp³-hybridized carbons (Fsp3) is 0.692. The Morgan fingerprint density at radius 2 is 2.22 bits per heavy atom. The minimum absolute atomic E-state index is 0.0355. The highest BCUT2D eigenvalue weighted by Crippen LogP contribution is 2.22. The fourth-order valence-electron chi connectivity index (χ4n) is 2.56. The van der Waals surface area contributed by atoms with Crippen LogP contribution in [-0.2, 0) is 14.3 Å². The molecule has 100 valence electrons. The van der Waals surface area contributed by atoms with Gasteiger partial charge in [0.15, 0.2) is 0 Å². The molecule has 0 aromatic carbocycles. The smallest absolute Gasteiger partial charge is 0.305 e. The predicted octanol–water partition coefficient (Wildman–Crippen LogP) is 1.04. The number of carbonyl (C=O) groups excluding carboxylic acids is 1. The number of ether oxygens (including phenoxy) is 1. The SMILES string of the molecule is O=C(O)CC1COCCN1C(=O)CC1C=CCC1. The highest BCUT2D eigenvalue weighted by atomic mass is 16.5. The summed E-state index contributed by atoms with van der Waals surface area (Å²) in [4.78, 5) is 24.6. The first-order chi connectivity index (χ1) is 8.66. The molecule has 2 unspecified atom stereocenters. The quantitative estimate of drug-likeness (QED) is 0.760. The van der Waals surface area contributed by atoms with Gasteiger partial charge in [0.05, 0.1) is 25.7 Å². The van der Waals surface area contributed by atoms with E-state index < -0.39 is 5.97 Å². The molecule has 2 rings (SSSR count). The van der Waals surface area contributed by atoms with Crippen LogP contribution in [0.2, 0.25) is 0 Å². The van der Waals surface area contributed by atoms with Crippen molar-refractivity contribution in [2.24, 2.45) is 5.92 Å². The van der Waals surface area contributed by atoms with Gasteiger partial charge in [-0.25, -0.2) is 0 Å². The van der Waals surface area contributed by atoms with Crippen LogP contribution in [0.1, 0.15) is 25.7 Å². The van der Waals surface area contributed by atoms with Crippen molar-refractivity contribution >= 4 is 11.9 Å². The number of carboxylic acid groups (broad SMARTS) is 1. The predicted molar refractivity (Wildman–Crippen MR) is 65.1 cm³/mol. The topological polar surface area (TPSA) is 66.8 Å². The van der Waals surface area contributed by atoms with Gasteiger partial charge in [0.2, 0.25) is 5.91 Å². The van der Waals surface area contributed by atoms with Crippen molar-refractivity contribution in [2.45, 2.75) is 31.7 Å². The van der Waals surface area contributed by atoms with Gasteiger partial charge in [0.1, 0.15) is 0 Å². The molecule has 0 aromatic heterocycles. The lowest BCUT2D eigenvalue weighted by molar-refractivity contribution is -0.146. The number of hydrogen-bond donors (Lipinski definition) is 1. The van der Waals surface area contributed by atoms with E-state index >= 15 is 0 Å². The van der Waals surface area contributed by atoms with Gasteiger partial charge in [-0.2, -0.15) is 0 Å². The number of carboxylic acids is 1. The molecule has 2 aliphatic rings. The number of hydrogen-bond acceptors (Lipinski definition) is 3. The summed E-state index contributed by atoms with van der Waals surface area (Å²) >= 11 is 0. The van der Waals surface area contributed by atoms with Crippen molar-refractivity contribution < 1.29 is 19.4 Å². The van der Waals surface area contributed by atoms with E-state index in [2.05, 4.69) is 12.2 Å². The second-order valence-electron chi connectivity index (χ2n) is 4.88. The Kier molecular flexibility index (Phi) is 4.36. The summed E-state index contributed by atoms with van der Waals surface area (Å²) in [6, 6.07) is -0.311. The molecule has 0 saturated carbocycles. The molecule has 5 nitrogen and oxygen atoms in total. The third-order valence-electron chi connectivity index (χ3n) is 3.51. The van der Waals surface area contributed by atoms with Crippen LogP contribution in [0, 0.1) is 5.92 Å². The van der Waals surface area contributed by atoms with E-state index in [1.54, 1.807) is 4.90 Å². The largest absolute Gasteiger partial charge is 0.481 e. The summed E-state index contributed by atoms with van der Waals surface area (Å²) in [5, 5.41) is 8.84. The third kappa shape index (κ3) is 3.32. The van der Waals surface area contributed by atoms with Gasteiger partial charge in [-0.1, -0.05) is 12.2 Å². The molecule has 0 bridgehead atoms. The number of aliphatic carboxylic acids is 1. The van der Waals surface area contributed by atoms with Gasteiger partial charge < -0.3 is 14.7 Å². The van der Waals surface area contributed by atoms with E-state index in [1.165, 1.54) is 0 Å². The minimum atomic E-state index is -0.885. The molecule has 5 heteroatoms. The van der Waals surface area contributed by atoms with Gasteiger partial charge in [0, 0.05) is 13.0 Å². The van der Waals surface area contributed by atoms with Gasteiger partial charge in [-0.05, 0) is 18.8 Å². The van der Waals surface area contributed by atoms with Crippen LogP contribution in [-0.4, -0.2) is 47.7 Å². The first-order valence-corrected chi connectivity index (χ1v) is 6.42. The summed E-state index contributed by atoms with van der Waals surface area (Å²) in [6.45, 7) is 1.34. The Bertz CT molecular complexity index is 353. The van der Waals surface area contributed by atoms with Crippen molar-refractivity contribution in [2.75, 3.05) is 19.8 Å².